The Labute approximate surface area is 135 Å². The number of carbonyl (C=O) groups excluding carboxylic acids is 1. The number of hydrogen-bond donors (Lipinski definition) is 1. The summed E-state index contributed by atoms with van der Waals surface area (Å²) in [7, 11) is 0. The molecule has 5 heteroatoms. The molecule has 1 aliphatic rings. The smallest absolute Gasteiger partial charge is 0.240 e. The summed E-state index contributed by atoms with van der Waals surface area (Å²) in [5, 5.41) is 5.58. The minimum absolute atomic E-state index is 0.0306. The molecule has 1 fully saturated rings. The maximum atomic E-state index is 12.1. The van der Waals surface area contributed by atoms with Crippen molar-refractivity contribution in [3.8, 4) is 11.3 Å². The maximum absolute atomic E-state index is 12.1. The van der Waals surface area contributed by atoms with Crippen LogP contribution in [0, 0.1) is 5.92 Å². The largest absolute Gasteiger partial charge is 0.301 e. The van der Waals surface area contributed by atoms with Crippen LogP contribution in [0.25, 0.3) is 11.3 Å². The van der Waals surface area contributed by atoms with Gasteiger partial charge in [0, 0.05) is 17.5 Å². The van der Waals surface area contributed by atoms with E-state index in [9.17, 15) is 4.79 Å². The third-order valence-electron chi connectivity index (χ3n) is 3.93. The summed E-state index contributed by atoms with van der Waals surface area (Å²) in [5.41, 5.74) is 1.98. The van der Waals surface area contributed by atoms with Gasteiger partial charge in [0.2, 0.25) is 5.91 Å². The van der Waals surface area contributed by atoms with Crippen molar-refractivity contribution in [2.24, 2.45) is 5.92 Å². The van der Waals surface area contributed by atoms with Crippen molar-refractivity contribution in [1.29, 1.82) is 0 Å². The second kappa shape index (κ2) is 7.03. The van der Waals surface area contributed by atoms with Crippen LogP contribution in [0.15, 0.2) is 35.7 Å². The molecule has 1 aromatic carbocycles. The highest BCUT2D eigenvalue weighted by Crippen LogP contribution is 2.24. The van der Waals surface area contributed by atoms with E-state index >= 15 is 0 Å². The van der Waals surface area contributed by atoms with Crippen molar-refractivity contribution in [2.45, 2.75) is 19.8 Å². The number of amides is 1. The number of thiazole rings is 1. The molecular formula is C17H21N3OS. The van der Waals surface area contributed by atoms with Gasteiger partial charge in [-0.3, -0.25) is 9.69 Å². The molecule has 116 valence electrons. The fourth-order valence-electron chi connectivity index (χ4n) is 2.86. The van der Waals surface area contributed by atoms with E-state index in [0.29, 0.717) is 17.6 Å². The van der Waals surface area contributed by atoms with Crippen LogP contribution in [0.2, 0.25) is 0 Å². The molecule has 0 saturated carbocycles. The maximum Gasteiger partial charge on any atom is 0.240 e. The Bertz CT molecular complexity index is 626. The number of hydrogen-bond acceptors (Lipinski definition) is 4. The average Bonchev–Trinajstić information content (AvgIpc) is 2.96. The van der Waals surface area contributed by atoms with Crippen molar-refractivity contribution >= 4 is 22.4 Å². The Hall–Kier alpha value is -1.72. The van der Waals surface area contributed by atoms with Crippen LogP contribution in [-0.4, -0.2) is 35.4 Å². The Morgan fingerprint density at radius 1 is 1.41 bits per heavy atom. The van der Waals surface area contributed by atoms with Gasteiger partial charge >= 0.3 is 0 Å². The van der Waals surface area contributed by atoms with E-state index in [1.54, 1.807) is 0 Å². The third kappa shape index (κ3) is 3.93. The molecule has 0 aliphatic carbocycles. The van der Waals surface area contributed by atoms with E-state index in [1.165, 1.54) is 24.2 Å². The zero-order chi connectivity index (χ0) is 15.4. The zero-order valence-electron chi connectivity index (χ0n) is 12.8. The van der Waals surface area contributed by atoms with Crippen LogP contribution in [-0.2, 0) is 4.79 Å². The lowest BCUT2D eigenvalue weighted by Crippen LogP contribution is -2.39. The number of benzene rings is 1. The molecule has 2 aromatic rings. The van der Waals surface area contributed by atoms with Gasteiger partial charge in [0.1, 0.15) is 0 Å². The highest BCUT2D eigenvalue weighted by Gasteiger charge is 2.19. The fourth-order valence-corrected chi connectivity index (χ4v) is 3.60. The molecule has 1 N–H and O–H groups in total. The average molecular weight is 315 g/mol. The first-order valence-electron chi connectivity index (χ1n) is 7.74. The van der Waals surface area contributed by atoms with Gasteiger partial charge in [0.25, 0.3) is 0 Å². The van der Waals surface area contributed by atoms with Crippen molar-refractivity contribution < 1.29 is 4.79 Å². The first kappa shape index (κ1) is 15.2. The fraction of sp³-hybridized carbons (Fsp3) is 0.412. The third-order valence-corrected chi connectivity index (χ3v) is 4.69. The van der Waals surface area contributed by atoms with E-state index in [-0.39, 0.29) is 5.91 Å². The number of nitrogens with one attached hydrogen (secondary N) is 1. The van der Waals surface area contributed by atoms with E-state index in [0.717, 1.165) is 24.3 Å². The molecule has 22 heavy (non-hydrogen) atoms. The zero-order valence-corrected chi connectivity index (χ0v) is 13.6. The Morgan fingerprint density at radius 3 is 3.00 bits per heavy atom. The van der Waals surface area contributed by atoms with Gasteiger partial charge in [-0.25, -0.2) is 4.98 Å². The second-order valence-corrected chi connectivity index (χ2v) is 6.79. The summed E-state index contributed by atoms with van der Waals surface area (Å²) < 4.78 is 0. The number of rotatable bonds is 4. The molecule has 1 atom stereocenters. The molecule has 2 heterocycles. The second-order valence-electron chi connectivity index (χ2n) is 5.93. The van der Waals surface area contributed by atoms with Crippen molar-refractivity contribution in [2.75, 3.05) is 25.0 Å². The molecule has 1 unspecified atom stereocenters. The quantitative estimate of drug-likeness (QED) is 0.939. The summed E-state index contributed by atoms with van der Waals surface area (Å²) in [4.78, 5) is 18.9. The predicted molar refractivity (Wildman–Crippen MR) is 91.0 cm³/mol. The molecule has 0 bridgehead atoms. The van der Waals surface area contributed by atoms with Crippen molar-refractivity contribution in [1.82, 2.24) is 9.88 Å². The molecule has 4 nitrogen and oxygen atoms in total. The predicted octanol–water partition coefficient (Wildman–Crippen LogP) is 3.48. The normalized spacial score (nSPS) is 19.0. The Morgan fingerprint density at radius 2 is 2.23 bits per heavy atom. The highest BCUT2D eigenvalue weighted by atomic mass is 32.1. The molecule has 1 amide bonds. The van der Waals surface area contributed by atoms with Crippen LogP contribution < -0.4 is 5.32 Å². The van der Waals surface area contributed by atoms with Crippen LogP contribution in [0.3, 0.4) is 0 Å². The standard InChI is InChI=1S/C17H21N3OS/c1-13-6-5-9-20(10-13)11-16(21)19-17-18-15(12-22-17)14-7-3-2-4-8-14/h2-4,7-8,12-13H,5-6,9-11H2,1H3,(H,18,19,21). The lowest BCUT2D eigenvalue weighted by Gasteiger charge is -2.29. The van der Waals surface area contributed by atoms with Crippen molar-refractivity contribution in [3.63, 3.8) is 0 Å². The van der Waals surface area contributed by atoms with E-state index < -0.39 is 0 Å². The van der Waals surface area contributed by atoms with E-state index in [4.69, 9.17) is 0 Å². The number of anilines is 1. The van der Waals surface area contributed by atoms with Gasteiger partial charge in [0.15, 0.2) is 5.13 Å². The van der Waals surface area contributed by atoms with Gasteiger partial charge in [-0.2, -0.15) is 0 Å². The summed E-state index contributed by atoms with van der Waals surface area (Å²) in [6, 6.07) is 10.0. The Kier molecular flexibility index (Phi) is 4.85. The van der Waals surface area contributed by atoms with Crippen LogP contribution in [0.1, 0.15) is 19.8 Å². The first-order valence-corrected chi connectivity index (χ1v) is 8.62. The lowest BCUT2D eigenvalue weighted by molar-refractivity contribution is -0.117. The monoisotopic (exact) mass is 315 g/mol. The van der Waals surface area contributed by atoms with Crippen molar-refractivity contribution in [3.05, 3.63) is 35.7 Å². The van der Waals surface area contributed by atoms with E-state index in [2.05, 4.69) is 22.1 Å². The minimum atomic E-state index is 0.0306. The molecule has 0 spiro atoms. The van der Waals surface area contributed by atoms with Gasteiger partial charge in [-0.15, -0.1) is 11.3 Å². The Balaban J connectivity index is 1.57. The van der Waals surface area contributed by atoms with Gasteiger partial charge in [-0.1, -0.05) is 37.3 Å². The highest BCUT2D eigenvalue weighted by molar-refractivity contribution is 7.14. The number of piperidine rings is 1. The summed E-state index contributed by atoms with van der Waals surface area (Å²) in [5.74, 6) is 0.717. The molecule has 0 radical (unpaired) electrons. The molecule has 1 aliphatic heterocycles. The summed E-state index contributed by atoms with van der Waals surface area (Å²) in [6.07, 6.45) is 2.45. The van der Waals surface area contributed by atoms with Crippen LogP contribution in [0.5, 0.6) is 0 Å². The SMILES string of the molecule is CC1CCCN(CC(=O)Nc2nc(-c3ccccc3)cs2)C1. The van der Waals surface area contributed by atoms with E-state index in [1.807, 2.05) is 35.7 Å². The number of carbonyl (C=O) groups is 1. The topological polar surface area (TPSA) is 45.2 Å². The van der Waals surface area contributed by atoms with Gasteiger partial charge < -0.3 is 5.32 Å². The lowest BCUT2D eigenvalue weighted by atomic mass is 10.0. The number of nitrogens with zero attached hydrogens (tertiary/aromatic N) is 2. The number of aromatic nitrogens is 1. The first-order chi connectivity index (χ1) is 10.7. The molecular weight excluding hydrogens is 294 g/mol. The number of likely N-dealkylation sites (tertiary alicyclic amines) is 1. The van der Waals surface area contributed by atoms with Gasteiger partial charge in [0.05, 0.1) is 12.2 Å². The molecule has 1 saturated heterocycles. The van der Waals surface area contributed by atoms with Gasteiger partial charge in [-0.05, 0) is 25.3 Å². The minimum Gasteiger partial charge on any atom is -0.301 e. The summed E-state index contributed by atoms with van der Waals surface area (Å²) >= 11 is 1.47. The summed E-state index contributed by atoms with van der Waals surface area (Å²) in [6.45, 7) is 4.74. The molecule has 3 rings (SSSR count). The van der Waals surface area contributed by atoms with Crippen LogP contribution in [0.4, 0.5) is 5.13 Å². The molecule has 1 aromatic heterocycles. The van der Waals surface area contributed by atoms with Crippen LogP contribution >= 0.6 is 11.3 Å².